The van der Waals surface area contributed by atoms with Gasteiger partial charge in [0.1, 0.15) is 30.0 Å². The summed E-state index contributed by atoms with van der Waals surface area (Å²) in [6.45, 7) is 4.29. The number of para-hydroxylation sites is 2. The van der Waals surface area contributed by atoms with Gasteiger partial charge in [-0.2, -0.15) is 0 Å². The molecule has 2 aromatic carbocycles. The Balaban J connectivity index is 1.46. The summed E-state index contributed by atoms with van der Waals surface area (Å²) in [5.41, 5.74) is 7.96. The number of methoxy groups -OCH3 is 2. The number of hydrogen-bond acceptors (Lipinski definition) is 7. The number of nitrogens with two attached hydrogens (primary N) is 1. The average molecular weight is 387 g/mol. The van der Waals surface area contributed by atoms with E-state index in [1.165, 1.54) is 0 Å². The zero-order chi connectivity index (χ0) is 19.9. The number of aliphatic hydroxyl groups is 1. The van der Waals surface area contributed by atoms with Crippen LogP contribution in [0.1, 0.15) is 0 Å². The lowest BCUT2D eigenvalue weighted by Gasteiger charge is -2.37. The summed E-state index contributed by atoms with van der Waals surface area (Å²) < 4.78 is 16.2. The van der Waals surface area contributed by atoms with Crippen LogP contribution in [-0.2, 0) is 0 Å². The van der Waals surface area contributed by atoms with Crippen molar-refractivity contribution in [3.63, 3.8) is 0 Å². The van der Waals surface area contributed by atoms with Crippen molar-refractivity contribution in [3.05, 3.63) is 42.5 Å². The van der Waals surface area contributed by atoms with E-state index in [0.717, 1.165) is 37.6 Å². The van der Waals surface area contributed by atoms with E-state index < -0.39 is 6.10 Å². The molecule has 0 aromatic heterocycles. The van der Waals surface area contributed by atoms with E-state index in [4.69, 9.17) is 19.9 Å². The quantitative estimate of drug-likeness (QED) is 0.669. The molecule has 0 bridgehead atoms. The van der Waals surface area contributed by atoms with Gasteiger partial charge in [-0.15, -0.1) is 0 Å². The normalized spacial score (nSPS) is 15.9. The van der Waals surface area contributed by atoms with Crippen molar-refractivity contribution in [1.29, 1.82) is 0 Å². The first-order valence-corrected chi connectivity index (χ1v) is 9.45. The highest BCUT2D eigenvalue weighted by molar-refractivity contribution is 5.67. The SMILES string of the molecule is COc1cc(OC)cc(OCC(O)CN2CCN(c3ccccc3N)CC2)c1. The molecule has 0 spiro atoms. The Labute approximate surface area is 166 Å². The van der Waals surface area contributed by atoms with E-state index in [9.17, 15) is 5.11 Å². The number of ether oxygens (including phenoxy) is 3. The summed E-state index contributed by atoms with van der Waals surface area (Å²) in [7, 11) is 3.19. The largest absolute Gasteiger partial charge is 0.496 e. The van der Waals surface area contributed by atoms with Gasteiger partial charge in [-0.3, -0.25) is 4.90 Å². The summed E-state index contributed by atoms with van der Waals surface area (Å²) in [6, 6.07) is 13.3. The van der Waals surface area contributed by atoms with Crippen molar-refractivity contribution in [1.82, 2.24) is 4.90 Å². The third-order valence-electron chi connectivity index (χ3n) is 4.89. The Bertz CT molecular complexity index is 741. The summed E-state index contributed by atoms with van der Waals surface area (Å²) in [5.74, 6) is 1.92. The highest BCUT2D eigenvalue weighted by Gasteiger charge is 2.20. The number of β-amino-alcohol motifs (C(OH)–C–C–N with tert-alkyl or cyclic N) is 1. The molecule has 1 fully saturated rings. The second-order valence-corrected chi connectivity index (χ2v) is 6.86. The third kappa shape index (κ3) is 5.21. The van der Waals surface area contributed by atoms with Crippen molar-refractivity contribution in [2.24, 2.45) is 0 Å². The number of benzene rings is 2. The van der Waals surface area contributed by atoms with E-state index in [2.05, 4.69) is 15.9 Å². The fourth-order valence-electron chi connectivity index (χ4n) is 3.35. The number of aliphatic hydroxyl groups excluding tert-OH is 1. The Morgan fingerprint density at radius 1 is 0.964 bits per heavy atom. The monoisotopic (exact) mass is 387 g/mol. The molecule has 7 heteroatoms. The number of nitrogen functional groups attached to an aromatic ring is 1. The lowest BCUT2D eigenvalue weighted by atomic mass is 10.2. The van der Waals surface area contributed by atoms with Crippen LogP contribution in [0.15, 0.2) is 42.5 Å². The van der Waals surface area contributed by atoms with Gasteiger partial charge in [0.2, 0.25) is 0 Å². The molecule has 7 nitrogen and oxygen atoms in total. The van der Waals surface area contributed by atoms with Crippen LogP contribution in [0.25, 0.3) is 0 Å². The zero-order valence-corrected chi connectivity index (χ0v) is 16.5. The maximum atomic E-state index is 10.4. The first kappa shape index (κ1) is 20.1. The highest BCUT2D eigenvalue weighted by atomic mass is 16.5. The second-order valence-electron chi connectivity index (χ2n) is 6.86. The maximum Gasteiger partial charge on any atom is 0.126 e. The van der Waals surface area contributed by atoms with Gasteiger partial charge in [0.15, 0.2) is 0 Å². The fourth-order valence-corrected chi connectivity index (χ4v) is 3.35. The first-order valence-electron chi connectivity index (χ1n) is 9.45. The van der Waals surface area contributed by atoms with Crippen LogP contribution in [-0.4, -0.2) is 69.7 Å². The Morgan fingerprint density at radius 3 is 2.18 bits per heavy atom. The first-order chi connectivity index (χ1) is 13.6. The predicted octanol–water partition coefficient (Wildman–Crippen LogP) is 1.85. The van der Waals surface area contributed by atoms with Crippen molar-refractivity contribution < 1.29 is 19.3 Å². The van der Waals surface area contributed by atoms with Crippen molar-refractivity contribution in [2.75, 3.05) is 64.2 Å². The summed E-state index contributed by atoms with van der Waals surface area (Å²) in [5, 5.41) is 10.4. The van der Waals surface area contributed by atoms with Gasteiger partial charge in [0.25, 0.3) is 0 Å². The summed E-state index contributed by atoms with van der Waals surface area (Å²) in [4.78, 5) is 4.53. The number of hydrogen-bond donors (Lipinski definition) is 2. The molecular formula is C21H29N3O4. The molecule has 0 radical (unpaired) electrons. The molecule has 0 amide bonds. The molecular weight excluding hydrogens is 358 g/mol. The molecule has 1 unspecified atom stereocenters. The van der Waals surface area contributed by atoms with Crippen LogP contribution in [0.4, 0.5) is 11.4 Å². The van der Waals surface area contributed by atoms with Gasteiger partial charge in [0, 0.05) is 50.9 Å². The van der Waals surface area contributed by atoms with Gasteiger partial charge < -0.3 is 30.0 Å². The topological polar surface area (TPSA) is 80.4 Å². The molecule has 1 heterocycles. The molecule has 1 atom stereocenters. The predicted molar refractivity (Wildman–Crippen MR) is 111 cm³/mol. The van der Waals surface area contributed by atoms with Crippen LogP contribution in [0, 0.1) is 0 Å². The lowest BCUT2D eigenvalue weighted by molar-refractivity contribution is 0.0661. The second kappa shape index (κ2) is 9.52. The Morgan fingerprint density at radius 2 is 1.57 bits per heavy atom. The van der Waals surface area contributed by atoms with Crippen LogP contribution in [0.2, 0.25) is 0 Å². The van der Waals surface area contributed by atoms with Gasteiger partial charge in [-0.25, -0.2) is 0 Å². The van der Waals surface area contributed by atoms with E-state index >= 15 is 0 Å². The van der Waals surface area contributed by atoms with Gasteiger partial charge in [-0.1, -0.05) is 12.1 Å². The average Bonchev–Trinajstić information content (AvgIpc) is 2.73. The third-order valence-corrected chi connectivity index (χ3v) is 4.89. The number of piperazine rings is 1. The molecule has 0 aliphatic carbocycles. The van der Waals surface area contributed by atoms with E-state index in [-0.39, 0.29) is 6.61 Å². The minimum absolute atomic E-state index is 0.210. The fraction of sp³-hybridized carbons (Fsp3) is 0.429. The number of nitrogens with zero attached hydrogens (tertiary/aromatic N) is 2. The summed E-state index contributed by atoms with van der Waals surface area (Å²) in [6.07, 6.45) is -0.578. The molecule has 0 saturated carbocycles. The van der Waals surface area contributed by atoms with Crippen LogP contribution >= 0.6 is 0 Å². The van der Waals surface area contributed by atoms with Gasteiger partial charge in [-0.05, 0) is 12.1 Å². The van der Waals surface area contributed by atoms with Crippen molar-refractivity contribution in [2.45, 2.75) is 6.10 Å². The highest BCUT2D eigenvalue weighted by Crippen LogP contribution is 2.27. The molecule has 152 valence electrons. The molecule has 2 aromatic rings. The van der Waals surface area contributed by atoms with Crippen molar-refractivity contribution >= 4 is 11.4 Å². The molecule has 1 aliphatic heterocycles. The molecule has 1 saturated heterocycles. The molecule has 3 N–H and O–H groups in total. The van der Waals surface area contributed by atoms with Crippen molar-refractivity contribution in [3.8, 4) is 17.2 Å². The zero-order valence-electron chi connectivity index (χ0n) is 16.5. The van der Waals surface area contributed by atoms with E-state index in [1.54, 1.807) is 32.4 Å². The Hall–Kier alpha value is -2.64. The summed E-state index contributed by atoms with van der Waals surface area (Å²) >= 11 is 0. The smallest absolute Gasteiger partial charge is 0.126 e. The van der Waals surface area contributed by atoms with E-state index in [0.29, 0.717) is 23.8 Å². The minimum Gasteiger partial charge on any atom is -0.496 e. The lowest BCUT2D eigenvalue weighted by Crippen LogP contribution is -2.49. The Kier molecular flexibility index (Phi) is 6.84. The molecule has 3 rings (SSSR count). The molecule has 1 aliphatic rings. The number of rotatable bonds is 8. The molecule has 28 heavy (non-hydrogen) atoms. The van der Waals surface area contributed by atoms with Crippen LogP contribution in [0.5, 0.6) is 17.2 Å². The van der Waals surface area contributed by atoms with Crippen LogP contribution < -0.4 is 24.8 Å². The van der Waals surface area contributed by atoms with E-state index in [1.807, 2.05) is 18.2 Å². The van der Waals surface area contributed by atoms with Gasteiger partial charge >= 0.3 is 0 Å². The maximum absolute atomic E-state index is 10.4. The number of anilines is 2. The van der Waals surface area contributed by atoms with Gasteiger partial charge in [0.05, 0.1) is 25.6 Å². The standard InChI is InChI=1S/C21H29N3O4/c1-26-17-11-18(27-2)13-19(12-17)28-15-16(25)14-23-7-9-24(10-8-23)21-6-4-3-5-20(21)22/h3-6,11-13,16,25H,7-10,14-15,22H2,1-2H3. The minimum atomic E-state index is -0.578. The van der Waals surface area contributed by atoms with Crippen LogP contribution in [0.3, 0.4) is 0 Å².